The lowest BCUT2D eigenvalue weighted by Gasteiger charge is -2.38. The van der Waals surface area contributed by atoms with E-state index >= 15 is 0 Å². The molecule has 2 heteroatoms. The van der Waals surface area contributed by atoms with Gasteiger partial charge in [-0.2, -0.15) is 0 Å². The molecule has 2 nitrogen and oxygen atoms in total. The standard InChI is InChI=1S/C16H17NO/c1-2-6-12-11(5-1)9-10-15-16(12)17-13-7-3-4-8-14(13)18-15/h1-2,5-6,9-10,13-14,17H,3-4,7-8H2. The van der Waals surface area contributed by atoms with Gasteiger partial charge in [0.15, 0.2) is 0 Å². The second kappa shape index (κ2) is 3.91. The number of hydrogen-bond donors (Lipinski definition) is 1. The minimum Gasteiger partial charge on any atom is -0.486 e. The van der Waals surface area contributed by atoms with Crippen molar-refractivity contribution in [2.45, 2.75) is 37.8 Å². The molecule has 1 heterocycles. The van der Waals surface area contributed by atoms with Gasteiger partial charge in [0.05, 0.1) is 11.7 Å². The first kappa shape index (κ1) is 10.2. The second-order valence-electron chi connectivity index (χ2n) is 5.35. The summed E-state index contributed by atoms with van der Waals surface area (Å²) in [5, 5.41) is 6.27. The second-order valence-corrected chi connectivity index (χ2v) is 5.35. The monoisotopic (exact) mass is 239 g/mol. The molecule has 92 valence electrons. The molecule has 1 N–H and O–H groups in total. The first-order chi connectivity index (χ1) is 8.92. The van der Waals surface area contributed by atoms with Crippen molar-refractivity contribution in [2.75, 3.05) is 5.32 Å². The highest BCUT2D eigenvalue weighted by molar-refractivity contribution is 5.97. The molecule has 2 aromatic rings. The van der Waals surface area contributed by atoms with E-state index in [1.165, 1.54) is 42.1 Å². The van der Waals surface area contributed by atoms with Gasteiger partial charge in [-0.25, -0.2) is 0 Å². The molecule has 2 aromatic carbocycles. The fraction of sp³-hybridized carbons (Fsp3) is 0.375. The summed E-state index contributed by atoms with van der Waals surface area (Å²) in [5.41, 5.74) is 1.19. The molecule has 0 aromatic heterocycles. The summed E-state index contributed by atoms with van der Waals surface area (Å²) >= 11 is 0. The molecule has 0 saturated heterocycles. The molecule has 1 saturated carbocycles. The van der Waals surface area contributed by atoms with E-state index < -0.39 is 0 Å². The highest BCUT2D eigenvalue weighted by Crippen LogP contribution is 2.40. The van der Waals surface area contributed by atoms with Crippen LogP contribution in [0, 0.1) is 0 Å². The van der Waals surface area contributed by atoms with E-state index in [-0.39, 0.29) is 0 Å². The van der Waals surface area contributed by atoms with Crippen LogP contribution in [0.1, 0.15) is 25.7 Å². The van der Waals surface area contributed by atoms with Crippen molar-refractivity contribution in [1.29, 1.82) is 0 Å². The Labute approximate surface area is 107 Å². The summed E-state index contributed by atoms with van der Waals surface area (Å²) in [5.74, 6) is 1.02. The van der Waals surface area contributed by atoms with Gasteiger partial charge in [0.25, 0.3) is 0 Å². The summed E-state index contributed by atoms with van der Waals surface area (Å²) in [4.78, 5) is 0. The zero-order valence-electron chi connectivity index (χ0n) is 10.4. The predicted octanol–water partition coefficient (Wildman–Crippen LogP) is 3.96. The Kier molecular flexibility index (Phi) is 2.22. The zero-order valence-corrected chi connectivity index (χ0v) is 10.4. The van der Waals surface area contributed by atoms with Crippen LogP contribution in [-0.2, 0) is 0 Å². The van der Waals surface area contributed by atoms with Crippen molar-refractivity contribution in [3.05, 3.63) is 36.4 Å². The van der Waals surface area contributed by atoms with Crippen molar-refractivity contribution in [2.24, 2.45) is 0 Å². The van der Waals surface area contributed by atoms with Crippen LogP contribution < -0.4 is 10.1 Å². The van der Waals surface area contributed by atoms with Crippen LogP contribution in [0.4, 0.5) is 5.69 Å². The van der Waals surface area contributed by atoms with E-state index in [1.54, 1.807) is 0 Å². The quantitative estimate of drug-likeness (QED) is 0.751. The molecule has 0 bridgehead atoms. The fourth-order valence-corrected chi connectivity index (χ4v) is 3.25. The van der Waals surface area contributed by atoms with Gasteiger partial charge in [-0.05, 0) is 30.7 Å². The van der Waals surface area contributed by atoms with E-state index in [0.717, 1.165) is 5.75 Å². The molecule has 1 aliphatic heterocycles. The molecule has 18 heavy (non-hydrogen) atoms. The Hall–Kier alpha value is -1.70. The lowest BCUT2D eigenvalue weighted by molar-refractivity contribution is 0.131. The highest BCUT2D eigenvalue weighted by Gasteiger charge is 2.32. The molecule has 1 fully saturated rings. The van der Waals surface area contributed by atoms with Crippen molar-refractivity contribution < 1.29 is 4.74 Å². The van der Waals surface area contributed by atoms with Crippen LogP contribution in [0.25, 0.3) is 10.8 Å². The molecule has 2 unspecified atom stereocenters. The summed E-state index contributed by atoms with van der Waals surface area (Å²) < 4.78 is 6.18. The maximum Gasteiger partial charge on any atom is 0.143 e. The minimum absolute atomic E-state index is 0.368. The third-order valence-electron chi connectivity index (χ3n) is 4.20. The molecule has 4 rings (SSSR count). The Bertz CT molecular complexity index is 593. The van der Waals surface area contributed by atoms with Crippen LogP contribution in [-0.4, -0.2) is 12.1 Å². The van der Waals surface area contributed by atoms with Crippen molar-refractivity contribution in [3.8, 4) is 5.75 Å². The Morgan fingerprint density at radius 2 is 1.89 bits per heavy atom. The lowest BCUT2D eigenvalue weighted by Crippen LogP contribution is -2.43. The van der Waals surface area contributed by atoms with Crippen molar-refractivity contribution in [1.82, 2.24) is 0 Å². The van der Waals surface area contributed by atoms with Gasteiger partial charge in [-0.3, -0.25) is 0 Å². The third-order valence-corrected chi connectivity index (χ3v) is 4.20. The van der Waals surface area contributed by atoms with Gasteiger partial charge < -0.3 is 10.1 Å². The summed E-state index contributed by atoms with van der Waals surface area (Å²) in [6.45, 7) is 0. The van der Waals surface area contributed by atoms with Crippen LogP contribution in [0.2, 0.25) is 0 Å². The smallest absolute Gasteiger partial charge is 0.143 e. The largest absolute Gasteiger partial charge is 0.486 e. The highest BCUT2D eigenvalue weighted by atomic mass is 16.5. The van der Waals surface area contributed by atoms with Gasteiger partial charge in [0.1, 0.15) is 11.9 Å². The molecular weight excluding hydrogens is 222 g/mol. The van der Waals surface area contributed by atoms with Crippen molar-refractivity contribution >= 4 is 16.5 Å². The third kappa shape index (κ3) is 1.48. The number of ether oxygens (including phenoxy) is 1. The van der Waals surface area contributed by atoms with E-state index in [1.807, 2.05) is 0 Å². The molecule has 0 spiro atoms. The van der Waals surface area contributed by atoms with Gasteiger partial charge >= 0.3 is 0 Å². The van der Waals surface area contributed by atoms with E-state index in [9.17, 15) is 0 Å². The molecule has 1 aliphatic carbocycles. The first-order valence-corrected chi connectivity index (χ1v) is 6.87. The summed E-state index contributed by atoms with van der Waals surface area (Å²) in [6.07, 6.45) is 5.40. The Morgan fingerprint density at radius 3 is 2.89 bits per heavy atom. The number of rotatable bonds is 0. The first-order valence-electron chi connectivity index (χ1n) is 6.87. The van der Waals surface area contributed by atoms with Crippen molar-refractivity contribution in [3.63, 3.8) is 0 Å². The average molecular weight is 239 g/mol. The normalized spacial score (nSPS) is 25.8. The number of hydrogen-bond acceptors (Lipinski definition) is 2. The lowest BCUT2D eigenvalue weighted by atomic mass is 9.90. The molecule has 2 atom stereocenters. The Balaban J connectivity index is 1.85. The van der Waals surface area contributed by atoms with Gasteiger partial charge in [0.2, 0.25) is 0 Å². The maximum atomic E-state index is 6.18. The summed E-state index contributed by atoms with van der Waals surface area (Å²) in [6, 6.07) is 13.3. The molecule has 2 aliphatic rings. The molecule has 0 radical (unpaired) electrons. The fourth-order valence-electron chi connectivity index (χ4n) is 3.25. The number of anilines is 1. The van der Waals surface area contributed by atoms with Crippen LogP contribution in [0.5, 0.6) is 5.75 Å². The average Bonchev–Trinajstić information content (AvgIpc) is 2.45. The molecule has 0 amide bonds. The van der Waals surface area contributed by atoms with Gasteiger partial charge in [0, 0.05) is 5.39 Å². The SMILES string of the molecule is c1ccc2c3c(ccc2c1)OC1CCCCC1N3. The minimum atomic E-state index is 0.368. The Morgan fingerprint density at radius 1 is 1.00 bits per heavy atom. The summed E-state index contributed by atoms with van der Waals surface area (Å²) in [7, 11) is 0. The topological polar surface area (TPSA) is 21.3 Å². The van der Waals surface area contributed by atoms with E-state index in [4.69, 9.17) is 4.74 Å². The van der Waals surface area contributed by atoms with Crippen LogP contribution in [0.3, 0.4) is 0 Å². The molecular formula is C16H17NO. The van der Waals surface area contributed by atoms with Gasteiger partial charge in [-0.15, -0.1) is 0 Å². The zero-order chi connectivity index (χ0) is 11.9. The number of fused-ring (bicyclic) bond motifs is 4. The van der Waals surface area contributed by atoms with Gasteiger partial charge in [-0.1, -0.05) is 36.8 Å². The maximum absolute atomic E-state index is 6.18. The van der Waals surface area contributed by atoms with Crippen LogP contribution in [0.15, 0.2) is 36.4 Å². The van der Waals surface area contributed by atoms with E-state index in [2.05, 4.69) is 41.7 Å². The number of nitrogens with one attached hydrogen (secondary N) is 1. The number of benzene rings is 2. The predicted molar refractivity (Wildman–Crippen MR) is 74.2 cm³/mol. The van der Waals surface area contributed by atoms with E-state index in [0.29, 0.717) is 12.1 Å². The van der Waals surface area contributed by atoms with Crippen LogP contribution >= 0.6 is 0 Å².